The van der Waals surface area contributed by atoms with Crippen LogP contribution in [0.25, 0.3) is 0 Å². The predicted octanol–water partition coefficient (Wildman–Crippen LogP) is 7.23. The summed E-state index contributed by atoms with van der Waals surface area (Å²) in [5.74, 6) is -2.32. The largest absolute Gasteiger partial charge is 0.606 e. The Bertz CT molecular complexity index is 1520. The molecule has 4 N–H and O–H groups in total. The lowest BCUT2D eigenvalue weighted by Gasteiger charge is -2.23. The minimum Gasteiger partial charge on any atom is -0.606 e. The third-order valence-corrected chi connectivity index (χ3v) is 8.31. The van der Waals surface area contributed by atoms with Crippen LogP contribution in [0, 0.1) is 0 Å². The van der Waals surface area contributed by atoms with Gasteiger partial charge in [-0.2, -0.15) is 0 Å². The summed E-state index contributed by atoms with van der Waals surface area (Å²) >= 11 is -1.41. The third kappa shape index (κ3) is 6.11. The van der Waals surface area contributed by atoms with Crippen molar-refractivity contribution in [2.24, 2.45) is 0 Å². The predicted molar refractivity (Wildman–Crippen MR) is 159 cm³/mol. The van der Waals surface area contributed by atoms with Crippen molar-refractivity contribution in [3.05, 3.63) is 107 Å². The lowest BCUT2D eigenvalue weighted by molar-refractivity contribution is 0.102. The molecule has 0 aliphatic heterocycles. The van der Waals surface area contributed by atoms with E-state index in [1.54, 1.807) is 24.3 Å². The zero-order valence-electron chi connectivity index (χ0n) is 23.4. The first kappa shape index (κ1) is 29.1. The maximum atomic E-state index is 13.4. The summed E-state index contributed by atoms with van der Waals surface area (Å²) in [4.78, 5) is 14.5. The van der Waals surface area contributed by atoms with E-state index < -0.39 is 34.3 Å². The summed E-state index contributed by atoms with van der Waals surface area (Å²) in [6, 6.07) is 23.5. The smallest absolute Gasteiger partial charge is 0.259 e. The van der Waals surface area contributed by atoms with Crippen molar-refractivity contribution in [1.82, 2.24) is 0 Å². The van der Waals surface area contributed by atoms with Gasteiger partial charge in [-0.05, 0) is 58.9 Å². The van der Waals surface area contributed by atoms with E-state index in [4.69, 9.17) is 0 Å². The number of rotatable bonds is 7. The minimum atomic E-state index is -1.41. The maximum absolute atomic E-state index is 13.4. The second-order valence-corrected chi connectivity index (χ2v) is 12.6. The Hall–Kier alpha value is -3.94. The van der Waals surface area contributed by atoms with Crippen LogP contribution in [0.5, 0.6) is 17.2 Å². The Kier molecular flexibility index (Phi) is 8.47. The molecular formula is C33H35NO5S. The van der Waals surface area contributed by atoms with Gasteiger partial charge in [-0.1, -0.05) is 77.1 Å². The first-order chi connectivity index (χ1) is 18.9. The molecule has 1 atom stereocenters. The van der Waals surface area contributed by atoms with Gasteiger partial charge in [-0.25, -0.2) is 0 Å². The van der Waals surface area contributed by atoms with E-state index in [2.05, 4.69) is 39.9 Å². The highest BCUT2D eigenvalue weighted by molar-refractivity contribution is 7.91. The van der Waals surface area contributed by atoms with Gasteiger partial charge in [0.05, 0.1) is 5.56 Å². The van der Waals surface area contributed by atoms with Crippen LogP contribution in [0.1, 0.15) is 73.1 Å². The number of carbonyl (C=O) groups excluding carboxylic acids is 1. The van der Waals surface area contributed by atoms with Gasteiger partial charge in [-0.3, -0.25) is 4.79 Å². The molecule has 40 heavy (non-hydrogen) atoms. The van der Waals surface area contributed by atoms with Crippen LogP contribution in [0.2, 0.25) is 0 Å². The van der Waals surface area contributed by atoms with Gasteiger partial charge in [0, 0.05) is 34.4 Å². The lowest BCUT2D eigenvalue weighted by atomic mass is 9.87. The van der Waals surface area contributed by atoms with Gasteiger partial charge >= 0.3 is 0 Å². The van der Waals surface area contributed by atoms with Crippen LogP contribution >= 0.6 is 0 Å². The fourth-order valence-corrected chi connectivity index (χ4v) is 6.12. The number of phenolic OH excluding ortho intramolecular Hbond substituents is 3. The standard InChI is InChI=1S/C33H35NO5S/c1-20(2)25-11-7-6-10-21(25)18-22-19-26(30(36)31(37)29(22)35)32(38)34-23-14-16-24(17-15-23)40(39)28-13-9-8-12-27(28)33(3,4)5/h6-17,19-20,35-37H,18H2,1-5H3,(H,34,38). The van der Waals surface area contributed by atoms with Crippen molar-refractivity contribution >= 4 is 22.8 Å². The number of carbonyl (C=O) groups is 1. The fourth-order valence-electron chi connectivity index (χ4n) is 4.71. The van der Waals surface area contributed by atoms with E-state index in [0.717, 1.165) is 21.6 Å². The third-order valence-electron chi connectivity index (χ3n) is 6.85. The molecule has 1 unspecified atom stereocenters. The lowest BCUT2D eigenvalue weighted by Crippen LogP contribution is -2.17. The Morgan fingerprint density at radius 1 is 0.850 bits per heavy atom. The first-order valence-electron chi connectivity index (χ1n) is 13.2. The number of phenols is 3. The van der Waals surface area contributed by atoms with Gasteiger partial charge in [0.15, 0.2) is 21.3 Å². The number of aromatic hydroxyl groups is 3. The normalized spacial score (nSPS) is 12.4. The molecule has 0 heterocycles. The van der Waals surface area contributed by atoms with Gasteiger partial charge in [-0.15, -0.1) is 0 Å². The number of hydrogen-bond donors (Lipinski definition) is 4. The monoisotopic (exact) mass is 557 g/mol. The van der Waals surface area contributed by atoms with Crippen LogP contribution in [-0.4, -0.2) is 25.8 Å². The average Bonchev–Trinajstić information content (AvgIpc) is 2.93. The molecule has 1 amide bonds. The van der Waals surface area contributed by atoms with Crippen LogP contribution in [-0.2, 0) is 23.0 Å². The van der Waals surface area contributed by atoms with Gasteiger partial charge in [0.25, 0.3) is 5.91 Å². The van der Waals surface area contributed by atoms with E-state index in [-0.39, 0.29) is 23.3 Å². The molecule has 6 nitrogen and oxygen atoms in total. The number of anilines is 1. The molecule has 0 spiro atoms. The van der Waals surface area contributed by atoms with Crippen LogP contribution in [0.15, 0.2) is 88.7 Å². The Labute approximate surface area is 238 Å². The molecule has 0 radical (unpaired) electrons. The molecule has 0 aromatic heterocycles. The Morgan fingerprint density at radius 2 is 1.48 bits per heavy atom. The summed E-state index contributed by atoms with van der Waals surface area (Å²) in [6.45, 7) is 10.4. The molecule has 0 saturated heterocycles. The SMILES string of the molecule is CC(C)c1ccccc1Cc1cc(C(=O)Nc2ccc([S+]([O-])c3ccccc3C(C)(C)C)cc2)c(O)c(O)c1O. The first-order valence-corrected chi connectivity index (χ1v) is 14.3. The molecule has 7 heteroatoms. The van der Waals surface area contributed by atoms with Crippen molar-refractivity contribution < 1.29 is 24.7 Å². The molecule has 4 rings (SSSR count). The highest BCUT2D eigenvalue weighted by atomic mass is 32.2. The van der Waals surface area contributed by atoms with E-state index >= 15 is 0 Å². The molecule has 0 bridgehead atoms. The van der Waals surface area contributed by atoms with Gasteiger partial charge in [0.2, 0.25) is 5.75 Å². The average molecular weight is 558 g/mol. The minimum absolute atomic E-state index is 0.168. The Morgan fingerprint density at radius 3 is 2.12 bits per heavy atom. The molecule has 0 saturated carbocycles. The number of nitrogens with one attached hydrogen (secondary N) is 1. The molecule has 0 aliphatic rings. The van der Waals surface area contributed by atoms with E-state index in [9.17, 15) is 24.7 Å². The van der Waals surface area contributed by atoms with Crippen molar-refractivity contribution in [3.63, 3.8) is 0 Å². The molecule has 0 aliphatic carbocycles. The summed E-state index contributed by atoms with van der Waals surface area (Å²) in [7, 11) is 0. The van der Waals surface area contributed by atoms with Crippen LogP contribution in [0.3, 0.4) is 0 Å². The zero-order chi connectivity index (χ0) is 29.2. The van der Waals surface area contributed by atoms with E-state index in [1.807, 2.05) is 48.5 Å². The van der Waals surface area contributed by atoms with Gasteiger partial charge < -0.3 is 25.2 Å². The quantitative estimate of drug-likeness (QED) is 0.141. The van der Waals surface area contributed by atoms with E-state index in [0.29, 0.717) is 16.1 Å². The maximum Gasteiger partial charge on any atom is 0.259 e. The van der Waals surface area contributed by atoms with Crippen LogP contribution in [0.4, 0.5) is 5.69 Å². The van der Waals surface area contributed by atoms with Crippen molar-refractivity contribution in [2.75, 3.05) is 5.32 Å². The molecule has 0 fully saturated rings. The number of amides is 1. The summed E-state index contributed by atoms with van der Waals surface area (Å²) in [6.07, 6.45) is 0.269. The summed E-state index contributed by atoms with van der Waals surface area (Å²) < 4.78 is 13.4. The number of hydrogen-bond acceptors (Lipinski definition) is 5. The fraction of sp³-hybridized carbons (Fsp3) is 0.242. The van der Waals surface area contributed by atoms with Crippen molar-refractivity contribution in [1.29, 1.82) is 0 Å². The number of benzene rings is 4. The summed E-state index contributed by atoms with van der Waals surface area (Å²) in [5, 5.41) is 34.2. The second kappa shape index (κ2) is 11.7. The second-order valence-electron chi connectivity index (χ2n) is 11.2. The van der Waals surface area contributed by atoms with E-state index in [1.165, 1.54) is 6.07 Å². The highest BCUT2D eigenvalue weighted by Crippen LogP contribution is 2.42. The van der Waals surface area contributed by atoms with Gasteiger partial charge in [0.1, 0.15) is 0 Å². The topological polar surface area (TPSA) is 113 Å². The molecule has 4 aromatic carbocycles. The van der Waals surface area contributed by atoms with Crippen molar-refractivity contribution in [2.45, 2.75) is 62.2 Å². The summed E-state index contributed by atoms with van der Waals surface area (Å²) in [5.41, 5.74) is 3.43. The molecule has 4 aromatic rings. The van der Waals surface area contributed by atoms with Crippen molar-refractivity contribution in [3.8, 4) is 17.2 Å². The molecule has 208 valence electrons. The zero-order valence-corrected chi connectivity index (χ0v) is 24.2. The van der Waals surface area contributed by atoms with Crippen LogP contribution < -0.4 is 5.32 Å². The highest BCUT2D eigenvalue weighted by Gasteiger charge is 2.26. The Balaban J connectivity index is 1.58. The molecular weight excluding hydrogens is 522 g/mol.